The Morgan fingerprint density at radius 3 is 2.88 bits per heavy atom. The lowest BCUT2D eigenvalue weighted by molar-refractivity contribution is 0.0735. The number of likely N-dealkylation sites (N-methyl/N-ethyl adjacent to an activating group) is 1. The van der Waals surface area contributed by atoms with E-state index in [1.54, 1.807) is 13.2 Å². The summed E-state index contributed by atoms with van der Waals surface area (Å²) < 4.78 is 11.8. The number of allylic oxidation sites excluding steroid dienone is 2. The van der Waals surface area contributed by atoms with Gasteiger partial charge in [-0.25, -0.2) is 0 Å². The third-order valence-electron chi connectivity index (χ3n) is 5.95. The van der Waals surface area contributed by atoms with Crippen LogP contribution in [0.3, 0.4) is 0 Å². The third-order valence-corrected chi connectivity index (χ3v) is 5.95. The van der Waals surface area contributed by atoms with E-state index in [0.29, 0.717) is 11.8 Å². The second-order valence-electron chi connectivity index (χ2n) is 6.76. The third kappa shape index (κ3) is 1.76. The summed E-state index contributed by atoms with van der Waals surface area (Å²) in [5.74, 6) is 1.77. The minimum Gasteiger partial charge on any atom is -0.504 e. The van der Waals surface area contributed by atoms with Gasteiger partial charge in [0.2, 0.25) is 0 Å². The van der Waals surface area contributed by atoms with Gasteiger partial charge >= 0.3 is 0 Å². The zero-order valence-corrected chi connectivity index (χ0v) is 15.6. The molecule has 0 unspecified atom stereocenters. The maximum Gasteiger partial charge on any atom is 0.169 e. The number of phenolic OH excluding ortho intramolecular Hbond substituents is 1. The van der Waals surface area contributed by atoms with Crippen LogP contribution in [-0.4, -0.2) is 42.9 Å². The van der Waals surface area contributed by atoms with Gasteiger partial charge in [0.25, 0.3) is 0 Å². The summed E-state index contributed by atoms with van der Waals surface area (Å²) in [6, 6.07) is 4.25. The first-order valence-electron chi connectivity index (χ1n) is 7.85. The molecular formula is C18H23BrN2O3. The van der Waals surface area contributed by atoms with Crippen LogP contribution in [0.5, 0.6) is 11.5 Å². The molecule has 0 radical (unpaired) electrons. The Labute approximate surface area is 152 Å². The Kier molecular flexibility index (Phi) is 3.98. The standard InChI is InChI=1S/C18H19NO3.BrH.H3N/c1-19-8-7-18-11-4-6-14(21-2)17(18)22-16-13(20)5-3-10(15(16)18)9-12(11)19;;/h3-6,12,17,20H,7-9H2,1-2H3;1H;1H3/t12-,17+,18+;;/m1../s1. The summed E-state index contributed by atoms with van der Waals surface area (Å²) in [5, 5.41) is 10.3. The van der Waals surface area contributed by atoms with Crippen LogP contribution < -0.4 is 10.9 Å². The molecule has 6 heteroatoms. The van der Waals surface area contributed by atoms with Crippen LogP contribution in [0.1, 0.15) is 17.5 Å². The van der Waals surface area contributed by atoms with Crippen molar-refractivity contribution in [3.05, 3.63) is 46.7 Å². The summed E-state index contributed by atoms with van der Waals surface area (Å²) in [6.07, 6.45) is 6.11. The predicted octanol–water partition coefficient (Wildman–Crippen LogP) is 2.86. The first kappa shape index (κ1) is 17.3. The van der Waals surface area contributed by atoms with E-state index in [4.69, 9.17) is 9.47 Å². The number of halogens is 1. The minimum atomic E-state index is -0.154. The van der Waals surface area contributed by atoms with Gasteiger partial charge < -0.3 is 20.7 Å². The molecule has 0 aromatic heterocycles. The fraction of sp³-hybridized carbons (Fsp3) is 0.444. The highest BCUT2D eigenvalue weighted by atomic mass is 79.9. The maximum absolute atomic E-state index is 10.3. The lowest BCUT2D eigenvalue weighted by Gasteiger charge is -2.52. The number of likely N-dealkylation sites (tertiary alicyclic amines) is 1. The number of nitrogens with zero attached hydrogens (tertiary/aromatic N) is 1. The molecule has 24 heavy (non-hydrogen) atoms. The van der Waals surface area contributed by atoms with Crippen LogP contribution in [0.2, 0.25) is 0 Å². The first-order chi connectivity index (χ1) is 10.7. The van der Waals surface area contributed by atoms with Crippen molar-refractivity contribution in [2.24, 2.45) is 0 Å². The lowest BCUT2D eigenvalue weighted by Crippen LogP contribution is -2.58. The van der Waals surface area contributed by atoms with Gasteiger partial charge in [-0.2, -0.15) is 0 Å². The lowest BCUT2D eigenvalue weighted by atomic mass is 9.57. The quantitative estimate of drug-likeness (QED) is 0.765. The molecule has 2 aliphatic carbocycles. The van der Waals surface area contributed by atoms with Crippen molar-refractivity contribution in [1.29, 1.82) is 0 Å². The molecule has 1 aromatic carbocycles. The number of ether oxygens (including phenoxy) is 2. The van der Waals surface area contributed by atoms with Gasteiger partial charge in [0.1, 0.15) is 5.76 Å². The summed E-state index contributed by atoms with van der Waals surface area (Å²) in [6.45, 7) is 1.04. The summed E-state index contributed by atoms with van der Waals surface area (Å²) in [5.41, 5.74) is 3.78. The van der Waals surface area contributed by atoms with Crippen molar-refractivity contribution in [2.45, 2.75) is 30.4 Å². The monoisotopic (exact) mass is 394 g/mol. The fourth-order valence-corrected chi connectivity index (χ4v) is 4.95. The highest BCUT2D eigenvalue weighted by molar-refractivity contribution is 8.93. The van der Waals surface area contributed by atoms with Gasteiger partial charge in [-0.05, 0) is 49.7 Å². The highest BCUT2D eigenvalue weighted by Gasteiger charge is 2.61. The molecule has 2 aliphatic heterocycles. The predicted molar refractivity (Wildman–Crippen MR) is 97.5 cm³/mol. The van der Waals surface area contributed by atoms with Crippen molar-refractivity contribution in [2.75, 3.05) is 20.7 Å². The van der Waals surface area contributed by atoms with E-state index in [9.17, 15) is 5.11 Å². The van der Waals surface area contributed by atoms with Crippen LogP contribution in [0.25, 0.3) is 0 Å². The molecule has 0 saturated carbocycles. The van der Waals surface area contributed by atoms with Gasteiger partial charge in [0.15, 0.2) is 17.6 Å². The molecule has 4 aliphatic rings. The van der Waals surface area contributed by atoms with Gasteiger partial charge in [0, 0.05) is 11.6 Å². The Morgan fingerprint density at radius 2 is 2.12 bits per heavy atom. The van der Waals surface area contributed by atoms with Gasteiger partial charge in [-0.15, -0.1) is 17.0 Å². The average molecular weight is 395 g/mol. The minimum absolute atomic E-state index is 0. The molecule has 0 amide bonds. The molecule has 5 rings (SSSR count). The van der Waals surface area contributed by atoms with Gasteiger partial charge in [-0.3, -0.25) is 4.90 Å². The van der Waals surface area contributed by atoms with Crippen LogP contribution in [0, 0.1) is 0 Å². The van der Waals surface area contributed by atoms with E-state index < -0.39 is 0 Å². The Morgan fingerprint density at radius 1 is 1.33 bits per heavy atom. The summed E-state index contributed by atoms with van der Waals surface area (Å²) in [7, 11) is 3.90. The SMILES string of the molecule is Br.COC1=CC=C2[C@H]3Cc4ccc(O)c5c4[C@@]2(CCN3C)[C@H]1O5.N. The maximum atomic E-state index is 10.3. The molecule has 2 bridgehead atoms. The zero-order chi connectivity index (χ0) is 15.1. The molecular weight excluding hydrogens is 372 g/mol. The van der Waals surface area contributed by atoms with E-state index in [2.05, 4.69) is 24.1 Å². The number of aromatic hydroxyl groups is 1. The molecule has 4 N–H and O–H groups in total. The Balaban J connectivity index is 0.000000845. The van der Waals surface area contributed by atoms with Crippen molar-refractivity contribution in [3.8, 4) is 11.5 Å². The van der Waals surface area contributed by atoms with E-state index in [1.807, 2.05) is 6.08 Å². The largest absolute Gasteiger partial charge is 0.504 e. The molecule has 1 fully saturated rings. The van der Waals surface area contributed by atoms with Crippen LogP contribution in [-0.2, 0) is 16.6 Å². The topological polar surface area (TPSA) is 76.9 Å². The first-order valence-corrected chi connectivity index (χ1v) is 7.85. The fourth-order valence-electron chi connectivity index (χ4n) is 4.95. The highest BCUT2D eigenvalue weighted by Crippen LogP contribution is 2.62. The number of phenols is 1. The van der Waals surface area contributed by atoms with Crippen molar-refractivity contribution in [1.82, 2.24) is 11.1 Å². The molecule has 3 atom stereocenters. The van der Waals surface area contributed by atoms with Gasteiger partial charge in [-0.1, -0.05) is 12.1 Å². The van der Waals surface area contributed by atoms with Crippen LogP contribution in [0.15, 0.2) is 35.6 Å². The summed E-state index contributed by atoms with van der Waals surface area (Å²) in [4.78, 5) is 2.44. The van der Waals surface area contributed by atoms with Crippen LogP contribution in [0.4, 0.5) is 0 Å². The van der Waals surface area contributed by atoms with E-state index in [-0.39, 0.29) is 40.4 Å². The Bertz CT molecular complexity index is 761. The molecule has 1 spiro atoms. The second-order valence-corrected chi connectivity index (χ2v) is 6.76. The smallest absolute Gasteiger partial charge is 0.169 e. The summed E-state index contributed by atoms with van der Waals surface area (Å²) >= 11 is 0. The molecule has 2 heterocycles. The molecule has 1 aromatic rings. The molecule has 1 saturated heterocycles. The number of benzene rings is 1. The molecule has 5 nitrogen and oxygen atoms in total. The second kappa shape index (κ2) is 5.51. The van der Waals surface area contributed by atoms with Crippen molar-refractivity contribution >= 4 is 17.0 Å². The molecule has 130 valence electrons. The van der Waals surface area contributed by atoms with Crippen molar-refractivity contribution in [3.63, 3.8) is 0 Å². The number of hydrogen-bond acceptors (Lipinski definition) is 5. The number of piperidine rings is 1. The van der Waals surface area contributed by atoms with Crippen molar-refractivity contribution < 1.29 is 14.6 Å². The Hall–Kier alpha value is -1.50. The zero-order valence-electron chi connectivity index (χ0n) is 13.9. The van der Waals surface area contributed by atoms with E-state index in [1.165, 1.54) is 16.7 Å². The van der Waals surface area contributed by atoms with Crippen LogP contribution >= 0.6 is 17.0 Å². The number of rotatable bonds is 1. The van der Waals surface area contributed by atoms with E-state index in [0.717, 1.165) is 25.1 Å². The average Bonchev–Trinajstić information content (AvgIpc) is 2.88. The van der Waals surface area contributed by atoms with E-state index >= 15 is 0 Å². The number of methoxy groups -OCH3 is 1. The van der Waals surface area contributed by atoms with Gasteiger partial charge in [0.05, 0.1) is 12.5 Å². The normalized spacial score (nSPS) is 31.6. The number of hydrogen-bond donors (Lipinski definition) is 2.